The summed E-state index contributed by atoms with van der Waals surface area (Å²) in [5.74, 6) is 0.127. The minimum absolute atomic E-state index is 0.123. The summed E-state index contributed by atoms with van der Waals surface area (Å²) in [5, 5.41) is 9.43. The van der Waals surface area contributed by atoms with Crippen molar-refractivity contribution in [2.24, 2.45) is 0 Å². The number of allylic oxidation sites excluding steroid dienone is 1. The summed E-state index contributed by atoms with van der Waals surface area (Å²) >= 11 is 1.50. The smallest absolute Gasteiger partial charge is 0.337 e. The molecule has 2 atom stereocenters. The van der Waals surface area contributed by atoms with Crippen LogP contribution < -0.4 is 9.64 Å². The third-order valence-electron chi connectivity index (χ3n) is 6.13. The lowest BCUT2D eigenvalue weighted by Gasteiger charge is -2.25. The molecule has 3 aromatic rings. The van der Waals surface area contributed by atoms with Gasteiger partial charge in [-0.3, -0.25) is 9.69 Å². The maximum atomic E-state index is 13.9. The van der Waals surface area contributed by atoms with Gasteiger partial charge in [0.25, 0.3) is 0 Å². The summed E-state index contributed by atoms with van der Waals surface area (Å²) < 4.78 is 9.94. The summed E-state index contributed by atoms with van der Waals surface area (Å²) in [6.45, 7) is 4.18. The van der Waals surface area contributed by atoms with Gasteiger partial charge in [0.1, 0.15) is 22.5 Å². The van der Waals surface area contributed by atoms with Gasteiger partial charge in [-0.05, 0) is 54.3 Å². The Hall–Kier alpha value is -3.55. The molecule has 0 radical (unpaired) electrons. The third-order valence-corrected chi connectivity index (χ3v) is 7.83. The number of aliphatic hydroxyl groups is 1. The molecule has 0 aliphatic carbocycles. The number of ether oxygens (including phenoxy) is 2. The number of methoxy groups -OCH3 is 1. The Kier molecular flexibility index (Phi) is 8.13. The number of hydrogen-bond acceptors (Lipinski definition) is 6. The van der Waals surface area contributed by atoms with E-state index in [1.807, 2.05) is 54.6 Å². The second-order valence-corrected chi connectivity index (χ2v) is 9.95. The molecule has 36 heavy (non-hydrogen) atoms. The standard InChI is InChI=1S/C29H29NO5S/c1-3-16-29(17-18-31)28(33)30(24-11-7-10-23(19-24)27(32)34-2)26(36-29)22-12-14-25(15-13-22)35-20-21-8-5-4-6-9-21/h3-15,19,26,31H,1,16-18,20H2,2H3/t26-,29+/m0/s1. The number of aliphatic hydroxyl groups excluding tert-OH is 1. The highest BCUT2D eigenvalue weighted by Crippen LogP contribution is 2.54. The van der Waals surface area contributed by atoms with Gasteiger partial charge in [-0.15, -0.1) is 18.3 Å². The maximum absolute atomic E-state index is 13.9. The van der Waals surface area contributed by atoms with E-state index in [0.29, 0.717) is 30.7 Å². The average molecular weight is 504 g/mol. The van der Waals surface area contributed by atoms with Gasteiger partial charge in [0.15, 0.2) is 0 Å². The number of thioether (sulfide) groups is 1. The van der Waals surface area contributed by atoms with Gasteiger partial charge in [0.2, 0.25) is 5.91 Å². The first-order valence-electron chi connectivity index (χ1n) is 11.7. The highest BCUT2D eigenvalue weighted by molar-refractivity contribution is 8.02. The molecular formula is C29H29NO5S. The molecule has 6 nitrogen and oxygen atoms in total. The monoisotopic (exact) mass is 503 g/mol. The molecule has 1 amide bonds. The second-order valence-electron chi connectivity index (χ2n) is 8.49. The lowest BCUT2D eigenvalue weighted by atomic mass is 9.98. The lowest BCUT2D eigenvalue weighted by Crippen LogP contribution is -2.40. The Morgan fingerprint density at radius 2 is 1.86 bits per heavy atom. The van der Waals surface area contributed by atoms with Crippen LogP contribution in [0.25, 0.3) is 0 Å². The zero-order valence-corrected chi connectivity index (χ0v) is 20.9. The topological polar surface area (TPSA) is 76.1 Å². The van der Waals surface area contributed by atoms with Crippen LogP contribution in [0.4, 0.5) is 5.69 Å². The Balaban J connectivity index is 1.66. The molecule has 0 saturated carbocycles. The van der Waals surface area contributed by atoms with Gasteiger partial charge in [-0.2, -0.15) is 0 Å². The molecule has 1 fully saturated rings. The van der Waals surface area contributed by atoms with E-state index in [-0.39, 0.29) is 17.9 Å². The molecule has 0 aromatic heterocycles. The van der Waals surface area contributed by atoms with E-state index in [0.717, 1.165) is 16.9 Å². The van der Waals surface area contributed by atoms with Crippen molar-refractivity contribution in [3.05, 3.63) is 108 Å². The van der Waals surface area contributed by atoms with Crippen LogP contribution in [0.3, 0.4) is 0 Å². The van der Waals surface area contributed by atoms with Crippen LogP contribution in [0.15, 0.2) is 91.5 Å². The van der Waals surface area contributed by atoms with E-state index in [1.165, 1.54) is 18.9 Å². The fourth-order valence-corrected chi connectivity index (χ4v) is 5.97. The molecule has 3 aromatic carbocycles. The normalized spacial score (nSPS) is 19.2. The molecule has 7 heteroatoms. The fraction of sp³-hybridized carbons (Fsp3) is 0.241. The van der Waals surface area contributed by atoms with Crippen molar-refractivity contribution >= 4 is 29.3 Å². The number of rotatable bonds is 10. The molecule has 0 spiro atoms. The largest absolute Gasteiger partial charge is 0.489 e. The number of amides is 1. The number of anilines is 1. The first kappa shape index (κ1) is 25.5. The number of hydrogen-bond donors (Lipinski definition) is 1. The summed E-state index contributed by atoms with van der Waals surface area (Å²) in [5.41, 5.74) is 2.94. The van der Waals surface area contributed by atoms with Crippen LogP contribution in [-0.4, -0.2) is 35.4 Å². The van der Waals surface area contributed by atoms with Crippen molar-refractivity contribution in [1.29, 1.82) is 0 Å². The molecule has 4 rings (SSSR count). The van der Waals surface area contributed by atoms with Crippen LogP contribution in [0.2, 0.25) is 0 Å². The van der Waals surface area contributed by atoms with E-state index >= 15 is 0 Å². The van der Waals surface area contributed by atoms with Crippen molar-refractivity contribution in [2.75, 3.05) is 18.6 Å². The van der Waals surface area contributed by atoms with Crippen LogP contribution in [0.5, 0.6) is 5.75 Å². The van der Waals surface area contributed by atoms with Crippen molar-refractivity contribution in [1.82, 2.24) is 0 Å². The Morgan fingerprint density at radius 3 is 2.53 bits per heavy atom. The van der Waals surface area contributed by atoms with Gasteiger partial charge in [0, 0.05) is 12.3 Å². The molecule has 1 heterocycles. The van der Waals surface area contributed by atoms with Gasteiger partial charge in [-0.25, -0.2) is 4.79 Å². The SMILES string of the molecule is C=CC[C@]1(CCO)S[C@@H](c2ccc(OCc3ccccc3)cc2)N(c2cccc(C(=O)OC)c2)C1=O. The van der Waals surface area contributed by atoms with Crippen LogP contribution in [0.1, 0.15) is 39.7 Å². The molecule has 1 N–H and O–H groups in total. The van der Waals surface area contributed by atoms with Crippen molar-refractivity contribution < 1.29 is 24.2 Å². The van der Waals surface area contributed by atoms with Crippen molar-refractivity contribution in [3.63, 3.8) is 0 Å². The first-order chi connectivity index (χ1) is 17.5. The molecule has 1 aliphatic heterocycles. The summed E-state index contributed by atoms with van der Waals surface area (Å²) in [4.78, 5) is 27.7. The molecular weight excluding hydrogens is 474 g/mol. The molecule has 1 aliphatic rings. The summed E-state index contributed by atoms with van der Waals surface area (Å²) in [7, 11) is 1.33. The Labute approximate surface area is 215 Å². The van der Waals surface area contributed by atoms with Crippen molar-refractivity contribution in [2.45, 2.75) is 29.6 Å². The zero-order valence-electron chi connectivity index (χ0n) is 20.1. The minimum atomic E-state index is -0.856. The van der Waals surface area contributed by atoms with E-state index in [2.05, 4.69) is 6.58 Å². The van der Waals surface area contributed by atoms with E-state index in [4.69, 9.17) is 9.47 Å². The van der Waals surface area contributed by atoms with E-state index < -0.39 is 10.7 Å². The number of carbonyl (C=O) groups excluding carboxylic acids is 2. The number of nitrogens with zero attached hydrogens (tertiary/aromatic N) is 1. The third kappa shape index (κ3) is 5.32. The first-order valence-corrected chi connectivity index (χ1v) is 12.6. The highest BCUT2D eigenvalue weighted by atomic mass is 32.2. The quantitative estimate of drug-likeness (QED) is 0.290. The Bertz CT molecular complexity index is 1210. The molecule has 0 bridgehead atoms. The number of benzene rings is 3. The Morgan fingerprint density at radius 1 is 1.11 bits per heavy atom. The van der Waals surface area contributed by atoms with Gasteiger partial charge in [-0.1, -0.05) is 54.6 Å². The zero-order chi connectivity index (χ0) is 25.5. The van der Waals surface area contributed by atoms with Gasteiger partial charge >= 0.3 is 5.97 Å². The number of esters is 1. The maximum Gasteiger partial charge on any atom is 0.337 e. The molecule has 186 valence electrons. The van der Waals surface area contributed by atoms with Gasteiger partial charge < -0.3 is 14.6 Å². The predicted octanol–water partition coefficient (Wildman–Crippen LogP) is 5.53. The number of carbonyl (C=O) groups is 2. The van der Waals surface area contributed by atoms with Crippen molar-refractivity contribution in [3.8, 4) is 5.75 Å². The summed E-state index contributed by atoms with van der Waals surface area (Å²) in [6, 6.07) is 24.5. The van der Waals surface area contributed by atoms with Crippen LogP contribution >= 0.6 is 11.8 Å². The average Bonchev–Trinajstić information content (AvgIpc) is 3.20. The summed E-state index contributed by atoms with van der Waals surface area (Å²) in [6.07, 6.45) is 2.43. The molecule has 1 saturated heterocycles. The fourth-order valence-electron chi connectivity index (χ4n) is 4.30. The highest BCUT2D eigenvalue weighted by Gasteiger charge is 2.52. The van der Waals surface area contributed by atoms with Crippen LogP contribution in [0, 0.1) is 0 Å². The van der Waals surface area contributed by atoms with E-state index in [9.17, 15) is 14.7 Å². The van der Waals surface area contributed by atoms with E-state index in [1.54, 1.807) is 35.2 Å². The molecule has 0 unspecified atom stereocenters. The van der Waals surface area contributed by atoms with Crippen LogP contribution in [-0.2, 0) is 16.1 Å². The minimum Gasteiger partial charge on any atom is -0.489 e. The lowest BCUT2D eigenvalue weighted by molar-refractivity contribution is -0.120. The second kappa shape index (κ2) is 11.5. The predicted molar refractivity (Wildman–Crippen MR) is 142 cm³/mol. The van der Waals surface area contributed by atoms with Gasteiger partial charge in [0.05, 0.1) is 12.7 Å².